The molecule has 1 aromatic carbocycles. The van der Waals surface area contributed by atoms with Gasteiger partial charge in [0.2, 0.25) is 23.6 Å². The molecule has 2 heterocycles. The minimum atomic E-state index is -1.05. The average molecular weight is 272 g/mol. The van der Waals surface area contributed by atoms with Gasteiger partial charge in [-0.05, 0) is 5.56 Å². The lowest BCUT2D eigenvalue weighted by Gasteiger charge is -2.30. The second kappa shape index (κ2) is 4.56. The summed E-state index contributed by atoms with van der Waals surface area (Å²) in [6.45, 7) is 0.128. The molecule has 2 saturated heterocycles. The van der Waals surface area contributed by atoms with Crippen molar-refractivity contribution >= 4 is 23.6 Å². The molecule has 0 aromatic heterocycles. The first-order chi connectivity index (χ1) is 9.58. The van der Waals surface area contributed by atoms with Crippen molar-refractivity contribution in [1.29, 1.82) is 0 Å². The Bertz CT molecular complexity index is 611. The summed E-state index contributed by atoms with van der Waals surface area (Å²) in [6.07, 6.45) is -0.0964. The monoisotopic (exact) mass is 272 g/mol. The molecule has 0 saturated carbocycles. The molecule has 4 amide bonds. The van der Waals surface area contributed by atoms with Crippen LogP contribution in [0.5, 0.6) is 0 Å². The lowest BCUT2D eigenvalue weighted by atomic mass is 9.86. The van der Waals surface area contributed by atoms with Gasteiger partial charge in [-0.25, -0.2) is 0 Å². The van der Waals surface area contributed by atoms with Crippen molar-refractivity contribution in [2.24, 2.45) is 11.8 Å². The van der Waals surface area contributed by atoms with E-state index in [1.807, 2.05) is 18.2 Å². The summed E-state index contributed by atoms with van der Waals surface area (Å²) >= 11 is 0. The van der Waals surface area contributed by atoms with Crippen LogP contribution in [0.25, 0.3) is 0 Å². The minimum absolute atomic E-state index is 0.0964. The van der Waals surface area contributed by atoms with E-state index in [4.69, 9.17) is 0 Å². The lowest BCUT2D eigenvalue weighted by molar-refractivity contribution is -0.157. The van der Waals surface area contributed by atoms with Gasteiger partial charge in [0, 0.05) is 6.42 Å². The van der Waals surface area contributed by atoms with Gasteiger partial charge in [-0.15, -0.1) is 0 Å². The second-order valence-electron chi connectivity index (χ2n) is 4.95. The first-order valence-corrected chi connectivity index (χ1v) is 6.31. The summed E-state index contributed by atoms with van der Waals surface area (Å²) in [7, 11) is 0. The molecule has 1 N–H and O–H groups in total. The van der Waals surface area contributed by atoms with Gasteiger partial charge in [0.05, 0.1) is 12.5 Å². The Balaban J connectivity index is 1.86. The molecule has 2 fully saturated rings. The SMILES string of the molecule is O=C1NC(=O)[C@H]2CC(=O)N(Cc3ccccc3)C(=O)[C@@H]12. The van der Waals surface area contributed by atoms with Crippen LogP contribution in [0.1, 0.15) is 12.0 Å². The zero-order valence-electron chi connectivity index (χ0n) is 10.5. The first-order valence-electron chi connectivity index (χ1n) is 6.31. The molecule has 2 aliphatic heterocycles. The average Bonchev–Trinajstić information content (AvgIpc) is 2.70. The number of piperidine rings is 1. The fraction of sp³-hybridized carbons (Fsp3) is 0.286. The summed E-state index contributed by atoms with van der Waals surface area (Å²) in [5.41, 5.74) is 0.803. The van der Waals surface area contributed by atoms with Crippen LogP contribution in [0, 0.1) is 11.8 Å². The molecule has 0 aliphatic carbocycles. The highest BCUT2D eigenvalue weighted by Crippen LogP contribution is 2.31. The molecular formula is C14H12N2O4. The largest absolute Gasteiger partial charge is 0.295 e. The smallest absolute Gasteiger partial charge is 0.242 e. The number of hydrogen-bond acceptors (Lipinski definition) is 4. The van der Waals surface area contributed by atoms with E-state index in [0.29, 0.717) is 0 Å². The van der Waals surface area contributed by atoms with E-state index in [9.17, 15) is 19.2 Å². The normalized spacial score (nSPS) is 25.7. The Morgan fingerprint density at radius 2 is 1.75 bits per heavy atom. The molecule has 1 aromatic rings. The molecule has 0 unspecified atom stereocenters. The highest BCUT2D eigenvalue weighted by molar-refractivity contribution is 6.20. The zero-order chi connectivity index (χ0) is 14.3. The summed E-state index contributed by atoms with van der Waals surface area (Å²) in [6, 6.07) is 9.05. The number of imide groups is 2. The van der Waals surface area contributed by atoms with Crippen molar-refractivity contribution in [3.63, 3.8) is 0 Å². The third-order valence-corrected chi connectivity index (χ3v) is 3.68. The number of carbonyl (C=O) groups excluding carboxylic acids is 4. The van der Waals surface area contributed by atoms with Crippen LogP contribution in [-0.2, 0) is 25.7 Å². The molecule has 0 spiro atoms. The van der Waals surface area contributed by atoms with Crippen molar-refractivity contribution in [1.82, 2.24) is 10.2 Å². The van der Waals surface area contributed by atoms with Crippen LogP contribution in [0.4, 0.5) is 0 Å². The number of benzene rings is 1. The zero-order valence-corrected chi connectivity index (χ0v) is 10.5. The second-order valence-corrected chi connectivity index (χ2v) is 4.95. The van der Waals surface area contributed by atoms with Gasteiger partial charge in [-0.2, -0.15) is 0 Å². The van der Waals surface area contributed by atoms with Crippen molar-refractivity contribution in [2.45, 2.75) is 13.0 Å². The molecule has 3 rings (SSSR count). The summed E-state index contributed by atoms with van der Waals surface area (Å²) in [5, 5.41) is 2.12. The first kappa shape index (κ1) is 12.5. The van der Waals surface area contributed by atoms with Crippen molar-refractivity contribution in [3.05, 3.63) is 35.9 Å². The van der Waals surface area contributed by atoms with Crippen LogP contribution < -0.4 is 5.32 Å². The Morgan fingerprint density at radius 1 is 1.05 bits per heavy atom. The summed E-state index contributed by atoms with van der Waals surface area (Å²) in [4.78, 5) is 48.5. The van der Waals surface area contributed by atoms with Crippen LogP contribution in [0.3, 0.4) is 0 Å². The lowest BCUT2D eigenvalue weighted by Crippen LogP contribution is -2.49. The van der Waals surface area contributed by atoms with Gasteiger partial charge in [0.1, 0.15) is 5.92 Å². The van der Waals surface area contributed by atoms with E-state index in [2.05, 4.69) is 5.32 Å². The summed E-state index contributed by atoms with van der Waals surface area (Å²) in [5.74, 6) is -4.02. The Labute approximate surface area is 114 Å². The number of fused-ring (bicyclic) bond motifs is 1. The highest BCUT2D eigenvalue weighted by Gasteiger charge is 2.53. The predicted molar refractivity (Wildman–Crippen MR) is 66.7 cm³/mol. The quantitative estimate of drug-likeness (QED) is 0.598. The van der Waals surface area contributed by atoms with E-state index in [0.717, 1.165) is 10.5 Å². The van der Waals surface area contributed by atoms with Crippen molar-refractivity contribution in [2.75, 3.05) is 0 Å². The fourth-order valence-electron chi connectivity index (χ4n) is 2.64. The number of likely N-dealkylation sites (tertiary alicyclic amines) is 1. The molecular weight excluding hydrogens is 260 g/mol. The van der Waals surface area contributed by atoms with Gasteiger partial charge in [0.15, 0.2) is 0 Å². The molecule has 2 aliphatic rings. The standard InChI is InChI=1S/C14H12N2O4/c17-10-6-9-11(13(19)15-12(9)18)14(20)16(10)7-8-4-2-1-3-5-8/h1-5,9,11H,6-7H2,(H,15,18,19)/t9-,11+/m0/s1. The predicted octanol–water partition coefficient (Wildman–Crippen LogP) is -0.166. The molecule has 20 heavy (non-hydrogen) atoms. The molecule has 6 nitrogen and oxygen atoms in total. The maximum absolute atomic E-state index is 12.3. The molecule has 0 radical (unpaired) electrons. The maximum Gasteiger partial charge on any atom is 0.242 e. The van der Waals surface area contributed by atoms with Crippen molar-refractivity contribution < 1.29 is 19.2 Å². The van der Waals surface area contributed by atoms with Crippen LogP contribution in [0.2, 0.25) is 0 Å². The van der Waals surface area contributed by atoms with Crippen LogP contribution >= 0.6 is 0 Å². The van der Waals surface area contributed by atoms with Gasteiger partial charge in [-0.1, -0.05) is 30.3 Å². The maximum atomic E-state index is 12.3. The number of carbonyl (C=O) groups is 4. The van der Waals surface area contributed by atoms with Crippen LogP contribution in [0.15, 0.2) is 30.3 Å². The van der Waals surface area contributed by atoms with Gasteiger partial charge in [0.25, 0.3) is 0 Å². The molecule has 102 valence electrons. The minimum Gasteiger partial charge on any atom is -0.295 e. The van der Waals surface area contributed by atoms with E-state index < -0.39 is 35.5 Å². The summed E-state index contributed by atoms with van der Waals surface area (Å²) < 4.78 is 0. The van der Waals surface area contributed by atoms with Gasteiger partial charge >= 0.3 is 0 Å². The van der Waals surface area contributed by atoms with E-state index in [1.54, 1.807) is 12.1 Å². The topological polar surface area (TPSA) is 83.6 Å². The number of hydrogen-bond donors (Lipinski definition) is 1. The molecule has 6 heteroatoms. The van der Waals surface area contributed by atoms with Crippen LogP contribution in [-0.4, -0.2) is 28.5 Å². The van der Waals surface area contributed by atoms with Gasteiger partial charge < -0.3 is 0 Å². The van der Waals surface area contributed by atoms with Gasteiger partial charge in [-0.3, -0.25) is 29.4 Å². The Kier molecular flexibility index (Phi) is 2.85. The Hall–Kier alpha value is -2.50. The third-order valence-electron chi connectivity index (χ3n) is 3.68. The van der Waals surface area contributed by atoms with E-state index in [-0.39, 0.29) is 13.0 Å². The van der Waals surface area contributed by atoms with E-state index >= 15 is 0 Å². The number of nitrogens with one attached hydrogen (secondary N) is 1. The van der Waals surface area contributed by atoms with Crippen molar-refractivity contribution in [3.8, 4) is 0 Å². The Morgan fingerprint density at radius 3 is 2.45 bits per heavy atom. The number of nitrogens with zero attached hydrogens (tertiary/aromatic N) is 1. The van der Waals surface area contributed by atoms with E-state index in [1.165, 1.54) is 0 Å². The third kappa shape index (κ3) is 1.89. The molecule has 2 atom stereocenters. The fourth-order valence-corrected chi connectivity index (χ4v) is 2.64. The number of rotatable bonds is 2. The molecule has 0 bridgehead atoms. The highest BCUT2D eigenvalue weighted by atomic mass is 16.2. The number of amides is 4.